The number of rotatable bonds is 5. The van der Waals surface area contributed by atoms with Crippen LogP contribution in [0.15, 0.2) is 29.0 Å². The van der Waals surface area contributed by atoms with Gasteiger partial charge in [0, 0.05) is 11.6 Å². The summed E-state index contributed by atoms with van der Waals surface area (Å²) >= 11 is 3.07. The van der Waals surface area contributed by atoms with Gasteiger partial charge < -0.3 is 10.1 Å². The standard InChI is InChI=1S/C14H14BrF2N3O/c1-3-18-14(10-6-11(21-2)20-7-19-10)12-9(16)5-4-8(15)13(12)17/h4-7,14,18H,3H2,1-2H3. The lowest BCUT2D eigenvalue weighted by atomic mass is 10.0. The van der Waals surface area contributed by atoms with Gasteiger partial charge in [0.2, 0.25) is 5.88 Å². The number of ether oxygens (including phenoxy) is 1. The predicted molar refractivity (Wildman–Crippen MR) is 78.2 cm³/mol. The van der Waals surface area contributed by atoms with Crippen LogP contribution >= 0.6 is 15.9 Å². The molecule has 1 aromatic carbocycles. The molecule has 0 saturated heterocycles. The van der Waals surface area contributed by atoms with E-state index in [1.165, 1.54) is 25.6 Å². The first kappa shape index (κ1) is 15.8. The summed E-state index contributed by atoms with van der Waals surface area (Å²) in [5.74, 6) is -0.962. The summed E-state index contributed by atoms with van der Waals surface area (Å²) in [5.41, 5.74) is 0.339. The maximum atomic E-state index is 14.3. The topological polar surface area (TPSA) is 47.0 Å². The Kier molecular flexibility index (Phi) is 5.19. The van der Waals surface area contributed by atoms with Crippen LogP contribution in [0.25, 0.3) is 0 Å². The minimum absolute atomic E-state index is 0.0908. The Morgan fingerprint density at radius 2 is 2.10 bits per heavy atom. The van der Waals surface area contributed by atoms with Crippen molar-refractivity contribution >= 4 is 15.9 Å². The second-order valence-electron chi connectivity index (χ2n) is 4.23. The van der Waals surface area contributed by atoms with E-state index in [1.54, 1.807) is 6.07 Å². The van der Waals surface area contributed by atoms with Crippen LogP contribution in [0.2, 0.25) is 0 Å². The SMILES string of the molecule is CCNC(c1cc(OC)ncn1)c1c(F)ccc(Br)c1F. The molecule has 112 valence electrons. The van der Waals surface area contributed by atoms with Crippen LogP contribution in [0, 0.1) is 11.6 Å². The number of aromatic nitrogens is 2. The highest BCUT2D eigenvalue weighted by atomic mass is 79.9. The monoisotopic (exact) mass is 357 g/mol. The van der Waals surface area contributed by atoms with E-state index in [9.17, 15) is 8.78 Å². The van der Waals surface area contributed by atoms with Crippen LogP contribution < -0.4 is 10.1 Å². The minimum atomic E-state index is -0.732. The summed E-state index contributed by atoms with van der Waals surface area (Å²) in [6, 6.07) is 3.36. The van der Waals surface area contributed by atoms with Gasteiger partial charge >= 0.3 is 0 Å². The van der Waals surface area contributed by atoms with Gasteiger partial charge in [0.1, 0.15) is 18.0 Å². The predicted octanol–water partition coefficient (Wildman–Crippen LogP) is 3.22. The van der Waals surface area contributed by atoms with Crippen LogP contribution in [-0.2, 0) is 0 Å². The fraction of sp³-hybridized carbons (Fsp3) is 0.286. The Morgan fingerprint density at radius 1 is 1.33 bits per heavy atom. The molecule has 7 heteroatoms. The van der Waals surface area contributed by atoms with Gasteiger partial charge in [-0.1, -0.05) is 6.92 Å². The van der Waals surface area contributed by atoms with E-state index in [2.05, 4.69) is 31.2 Å². The van der Waals surface area contributed by atoms with Crippen LogP contribution in [0.1, 0.15) is 24.2 Å². The van der Waals surface area contributed by atoms with Gasteiger partial charge in [-0.3, -0.25) is 0 Å². The Morgan fingerprint density at radius 3 is 2.76 bits per heavy atom. The molecule has 0 bridgehead atoms. The molecule has 0 aliphatic rings. The average molecular weight is 358 g/mol. The summed E-state index contributed by atoms with van der Waals surface area (Å²) in [7, 11) is 1.47. The van der Waals surface area contributed by atoms with E-state index in [0.717, 1.165) is 0 Å². The second kappa shape index (κ2) is 6.91. The minimum Gasteiger partial charge on any atom is -0.481 e. The van der Waals surface area contributed by atoms with Gasteiger partial charge in [-0.05, 0) is 34.6 Å². The molecule has 0 fully saturated rings. The largest absolute Gasteiger partial charge is 0.481 e. The highest BCUT2D eigenvalue weighted by molar-refractivity contribution is 9.10. The second-order valence-corrected chi connectivity index (χ2v) is 5.09. The summed E-state index contributed by atoms with van der Waals surface area (Å²) in [6.45, 7) is 2.36. The van der Waals surface area contributed by atoms with Crippen molar-refractivity contribution in [3.63, 3.8) is 0 Å². The summed E-state index contributed by atoms with van der Waals surface area (Å²) in [5, 5.41) is 3.03. The van der Waals surface area contributed by atoms with Gasteiger partial charge in [0.15, 0.2) is 0 Å². The van der Waals surface area contributed by atoms with Crippen LogP contribution in [0.3, 0.4) is 0 Å². The van der Waals surface area contributed by atoms with Crippen molar-refractivity contribution in [2.75, 3.05) is 13.7 Å². The van der Waals surface area contributed by atoms with E-state index in [4.69, 9.17) is 4.74 Å². The lowest BCUT2D eigenvalue weighted by Gasteiger charge is -2.19. The van der Waals surface area contributed by atoms with Crippen LogP contribution in [0.5, 0.6) is 5.88 Å². The average Bonchev–Trinajstić information content (AvgIpc) is 2.50. The van der Waals surface area contributed by atoms with Gasteiger partial charge in [0.05, 0.1) is 23.3 Å². The Hall–Kier alpha value is -1.60. The smallest absolute Gasteiger partial charge is 0.216 e. The first-order valence-corrected chi connectivity index (χ1v) is 7.10. The molecule has 2 aromatic rings. The van der Waals surface area contributed by atoms with E-state index in [0.29, 0.717) is 18.1 Å². The van der Waals surface area contributed by atoms with Crippen molar-refractivity contribution in [2.45, 2.75) is 13.0 Å². The highest BCUT2D eigenvalue weighted by Gasteiger charge is 2.24. The number of nitrogens with one attached hydrogen (secondary N) is 1. The molecular formula is C14H14BrF2N3O. The zero-order chi connectivity index (χ0) is 15.4. The van der Waals surface area contributed by atoms with Crippen LogP contribution in [0.4, 0.5) is 8.78 Å². The normalized spacial score (nSPS) is 12.2. The summed E-state index contributed by atoms with van der Waals surface area (Å²) in [4.78, 5) is 7.99. The first-order chi connectivity index (χ1) is 10.1. The zero-order valence-corrected chi connectivity index (χ0v) is 13.1. The molecule has 0 amide bonds. The quantitative estimate of drug-likeness (QED) is 0.834. The van der Waals surface area contributed by atoms with Crippen molar-refractivity contribution in [1.29, 1.82) is 0 Å². The van der Waals surface area contributed by atoms with Crippen LogP contribution in [-0.4, -0.2) is 23.6 Å². The molecule has 1 N–H and O–H groups in total. The molecule has 0 aliphatic carbocycles. The molecule has 1 atom stereocenters. The number of nitrogens with zero attached hydrogens (tertiary/aromatic N) is 2. The molecule has 0 radical (unpaired) electrons. The highest BCUT2D eigenvalue weighted by Crippen LogP contribution is 2.30. The molecule has 1 heterocycles. The molecule has 0 aliphatic heterocycles. The fourth-order valence-electron chi connectivity index (χ4n) is 1.99. The molecule has 2 rings (SSSR count). The lowest BCUT2D eigenvalue weighted by Crippen LogP contribution is -2.25. The van der Waals surface area contributed by atoms with Gasteiger partial charge in [-0.25, -0.2) is 18.7 Å². The number of halogens is 3. The van der Waals surface area contributed by atoms with Gasteiger partial charge in [-0.2, -0.15) is 0 Å². The zero-order valence-electron chi connectivity index (χ0n) is 11.5. The van der Waals surface area contributed by atoms with Crippen molar-refractivity contribution in [3.8, 4) is 5.88 Å². The van der Waals surface area contributed by atoms with E-state index >= 15 is 0 Å². The van der Waals surface area contributed by atoms with Crippen molar-refractivity contribution in [2.24, 2.45) is 0 Å². The molecule has 21 heavy (non-hydrogen) atoms. The van der Waals surface area contributed by atoms with Crippen molar-refractivity contribution in [3.05, 3.63) is 51.9 Å². The number of methoxy groups -OCH3 is 1. The summed E-state index contributed by atoms with van der Waals surface area (Å²) in [6.07, 6.45) is 1.30. The van der Waals surface area contributed by atoms with Crippen molar-refractivity contribution in [1.82, 2.24) is 15.3 Å². The lowest BCUT2D eigenvalue weighted by molar-refractivity contribution is 0.394. The first-order valence-electron chi connectivity index (χ1n) is 6.31. The Labute approximate surface area is 129 Å². The third kappa shape index (κ3) is 3.36. The number of hydrogen-bond acceptors (Lipinski definition) is 4. The molecule has 1 unspecified atom stereocenters. The molecule has 0 spiro atoms. The molecular weight excluding hydrogens is 344 g/mol. The maximum absolute atomic E-state index is 14.3. The van der Waals surface area contributed by atoms with Gasteiger partial charge in [0.25, 0.3) is 0 Å². The van der Waals surface area contributed by atoms with E-state index in [-0.39, 0.29) is 10.0 Å². The Balaban J connectivity index is 2.55. The third-order valence-corrected chi connectivity index (χ3v) is 3.56. The van der Waals surface area contributed by atoms with Crippen molar-refractivity contribution < 1.29 is 13.5 Å². The third-order valence-electron chi connectivity index (χ3n) is 2.94. The van der Waals surface area contributed by atoms with E-state index < -0.39 is 17.7 Å². The maximum Gasteiger partial charge on any atom is 0.216 e. The fourth-order valence-corrected chi connectivity index (χ4v) is 2.33. The Bertz CT molecular complexity index is 640. The number of hydrogen-bond donors (Lipinski definition) is 1. The molecule has 0 saturated carbocycles. The summed E-state index contributed by atoms with van der Waals surface area (Å²) < 4.78 is 33.6. The molecule has 4 nitrogen and oxygen atoms in total. The van der Waals surface area contributed by atoms with E-state index in [1.807, 2.05) is 6.92 Å². The number of benzene rings is 1. The molecule has 1 aromatic heterocycles. The van der Waals surface area contributed by atoms with Gasteiger partial charge in [-0.15, -0.1) is 0 Å².